The van der Waals surface area contributed by atoms with Crippen molar-refractivity contribution < 1.29 is 26.4 Å². The summed E-state index contributed by atoms with van der Waals surface area (Å²) in [5.41, 5.74) is 6.38. The molecule has 33 heavy (non-hydrogen) atoms. The van der Waals surface area contributed by atoms with Crippen molar-refractivity contribution in [2.24, 2.45) is 5.73 Å². The Morgan fingerprint density at radius 1 is 1.06 bits per heavy atom. The summed E-state index contributed by atoms with van der Waals surface area (Å²) >= 11 is 0. The smallest absolute Gasteiger partial charge is 0.235 e. The average molecular weight is 477 g/mol. The van der Waals surface area contributed by atoms with Crippen molar-refractivity contribution in [3.05, 3.63) is 65.7 Å². The van der Waals surface area contributed by atoms with E-state index < -0.39 is 45.2 Å². The molecular formula is C21H18F3N5O3S. The van der Waals surface area contributed by atoms with Crippen LogP contribution in [0.3, 0.4) is 0 Å². The molecule has 2 atom stereocenters. The number of halogens is 3. The molecular weight excluding hydrogens is 459 g/mol. The Bertz CT molecular complexity index is 1350. The highest BCUT2D eigenvalue weighted by molar-refractivity contribution is 7.90. The standard InChI is InChI=1S/C21H18F3N5O3S/c1-33(31,32)12-4-2-3-11(5-12)20-26-10-27-21(28-20)29-9-18(25)14(7-19(29)30)13-6-16(23)17(24)8-15(13)22/h2-6,8,10,14,18H,7,9,25H2,1H3/t14-,18+/m1/s1. The van der Waals surface area contributed by atoms with E-state index in [4.69, 9.17) is 5.73 Å². The fourth-order valence-corrected chi connectivity index (χ4v) is 4.33. The Hall–Kier alpha value is -3.38. The number of rotatable bonds is 4. The molecule has 0 unspecified atom stereocenters. The maximum absolute atomic E-state index is 14.2. The molecule has 2 aromatic carbocycles. The highest BCUT2D eigenvalue weighted by Crippen LogP contribution is 2.32. The number of amides is 1. The number of sulfone groups is 1. The number of carbonyl (C=O) groups is 1. The van der Waals surface area contributed by atoms with Gasteiger partial charge in [0.05, 0.1) is 4.90 Å². The molecule has 4 rings (SSSR count). The first kappa shape index (κ1) is 22.8. The Labute approximate surface area is 187 Å². The fourth-order valence-electron chi connectivity index (χ4n) is 3.67. The van der Waals surface area contributed by atoms with Crippen molar-refractivity contribution in [2.45, 2.75) is 23.3 Å². The van der Waals surface area contributed by atoms with Crippen LogP contribution in [0.5, 0.6) is 0 Å². The molecule has 0 bridgehead atoms. The molecule has 12 heteroatoms. The number of nitrogens with zero attached hydrogens (tertiary/aromatic N) is 4. The molecule has 0 radical (unpaired) electrons. The molecule has 1 amide bonds. The third-order valence-electron chi connectivity index (χ3n) is 5.37. The van der Waals surface area contributed by atoms with Crippen LogP contribution >= 0.6 is 0 Å². The summed E-state index contributed by atoms with van der Waals surface area (Å²) in [7, 11) is -3.45. The van der Waals surface area contributed by atoms with Gasteiger partial charge in [0.25, 0.3) is 0 Å². The zero-order valence-electron chi connectivity index (χ0n) is 17.2. The summed E-state index contributed by atoms with van der Waals surface area (Å²) in [5, 5.41) is 0. The van der Waals surface area contributed by atoms with Crippen LogP contribution in [0, 0.1) is 17.5 Å². The topological polar surface area (TPSA) is 119 Å². The van der Waals surface area contributed by atoms with E-state index in [1.54, 1.807) is 6.07 Å². The lowest BCUT2D eigenvalue weighted by Gasteiger charge is -2.35. The minimum atomic E-state index is -3.45. The number of carbonyl (C=O) groups excluding carboxylic acids is 1. The van der Waals surface area contributed by atoms with Crippen molar-refractivity contribution in [1.82, 2.24) is 15.0 Å². The van der Waals surface area contributed by atoms with Crippen molar-refractivity contribution in [3.8, 4) is 11.4 Å². The SMILES string of the molecule is CS(=O)(=O)c1cccc(-c2ncnc(N3C[C@H](N)[C@@H](c4cc(F)c(F)cc4F)CC3=O)n2)c1. The molecule has 3 aromatic rings. The van der Waals surface area contributed by atoms with Crippen molar-refractivity contribution in [2.75, 3.05) is 17.7 Å². The molecule has 0 saturated carbocycles. The zero-order chi connectivity index (χ0) is 23.9. The van der Waals surface area contributed by atoms with Crippen LogP contribution in [0.1, 0.15) is 17.9 Å². The van der Waals surface area contributed by atoms with Gasteiger partial charge in [-0.05, 0) is 23.8 Å². The minimum absolute atomic E-state index is 0.0191. The highest BCUT2D eigenvalue weighted by Gasteiger charge is 2.36. The fraction of sp³-hybridized carbons (Fsp3) is 0.238. The summed E-state index contributed by atoms with van der Waals surface area (Å²) in [6.45, 7) is -0.102. The number of nitrogens with two attached hydrogens (primary N) is 1. The van der Waals surface area contributed by atoms with Crippen LogP contribution in [0.15, 0.2) is 47.6 Å². The molecule has 172 valence electrons. The van der Waals surface area contributed by atoms with Gasteiger partial charge in [-0.1, -0.05) is 12.1 Å². The molecule has 2 heterocycles. The lowest BCUT2D eigenvalue weighted by atomic mass is 9.85. The van der Waals surface area contributed by atoms with E-state index in [0.717, 1.165) is 6.26 Å². The van der Waals surface area contributed by atoms with Crippen LogP contribution in [-0.4, -0.2) is 48.1 Å². The Balaban J connectivity index is 1.62. The molecule has 1 fully saturated rings. The second-order valence-electron chi connectivity index (χ2n) is 7.68. The first-order valence-corrected chi connectivity index (χ1v) is 11.6. The first-order chi connectivity index (χ1) is 15.5. The first-order valence-electron chi connectivity index (χ1n) is 9.74. The van der Waals surface area contributed by atoms with Gasteiger partial charge in [-0.25, -0.2) is 31.6 Å². The number of anilines is 1. The van der Waals surface area contributed by atoms with E-state index >= 15 is 0 Å². The average Bonchev–Trinajstić information content (AvgIpc) is 2.77. The molecule has 0 spiro atoms. The molecule has 0 aliphatic carbocycles. The van der Waals surface area contributed by atoms with E-state index in [2.05, 4.69) is 15.0 Å². The highest BCUT2D eigenvalue weighted by atomic mass is 32.2. The van der Waals surface area contributed by atoms with Gasteiger partial charge < -0.3 is 5.73 Å². The molecule has 1 saturated heterocycles. The van der Waals surface area contributed by atoms with Gasteiger partial charge in [0.1, 0.15) is 12.1 Å². The predicted molar refractivity (Wildman–Crippen MR) is 112 cm³/mol. The number of benzene rings is 2. The van der Waals surface area contributed by atoms with E-state index in [0.29, 0.717) is 17.7 Å². The molecule has 1 aliphatic rings. The molecule has 1 aromatic heterocycles. The summed E-state index contributed by atoms with van der Waals surface area (Å²) in [4.78, 5) is 26.4. The maximum Gasteiger partial charge on any atom is 0.235 e. The summed E-state index contributed by atoms with van der Waals surface area (Å²) in [5.74, 6) is -4.78. The maximum atomic E-state index is 14.2. The van der Waals surface area contributed by atoms with Gasteiger partial charge in [0, 0.05) is 42.8 Å². The minimum Gasteiger partial charge on any atom is -0.326 e. The van der Waals surface area contributed by atoms with Crippen LogP contribution in [0.4, 0.5) is 19.1 Å². The molecule has 2 N–H and O–H groups in total. The monoisotopic (exact) mass is 477 g/mol. The van der Waals surface area contributed by atoms with Crippen LogP contribution in [-0.2, 0) is 14.6 Å². The zero-order valence-corrected chi connectivity index (χ0v) is 18.1. The van der Waals surface area contributed by atoms with Gasteiger partial charge in [0.2, 0.25) is 11.9 Å². The van der Waals surface area contributed by atoms with Crippen LogP contribution < -0.4 is 10.6 Å². The van der Waals surface area contributed by atoms with E-state index in [1.807, 2.05) is 0 Å². The van der Waals surface area contributed by atoms with Gasteiger partial charge in [-0.2, -0.15) is 4.98 Å². The third kappa shape index (κ3) is 4.57. The quantitative estimate of drug-likeness (QED) is 0.572. The van der Waals surface area contributed by atoms with Gasteiger partial charge in [0.15, 0.2) is 27.3 Å². The number of hydrogen-bond donors (Lipinski definition) is 1. The molecule has 8 nitrogen and oxygen atoms in total. The van der Waals surface area contributed by atoms with E-state index in [1.165, 1.54) is 29.4 Å². The Morgan fingerprint density at radius 2 is 1.79 bits per heavy atom. The second-order valence-corrected chi connectivity index (χ2v) is 9.69. The Kier molecular flexibility index (Phi) is 5.89. The molecule has 1 aliphatic heterocycles. The summed E-state index contributed by atoms with van der Waals surface area (Å²) in [6.07, 6.45) is 1.98. The van der Waals surface area contributed by atoms with Crippen molar-refractivity contribution in [1.29, 1.82) is 0 Å². The van der Waals surface area contributed by atoms with Gasteiger partial charge in [-0.3, -0.25) is 9.69 Å². The number of hydrogen-bond acceptors (Lipinski definition) is 7. The second kappa shape index (κ2) is 8.52. The van der Waals surface area contributed by atoms with Crippen LogP contribution in [0.2, 0.25) is 0 Å². The van der Waals surface area contributed by atoms with Crippen molar-refractivity contribution in [3.63, 3.8) is 0 Å². The Morgan fingerprint density at radius 3 is 2.52 bits per heavy atom. The number of aromatic nitrogens is 3. The largest absolute Gasteiger partial charge is 0.326 e. The summed E-state index contributed by atoms with van der Waals surface area (Å²) in [6, 6.07) is 6.32. The lowest BCUT2D eigenvalue weighted by molar-refractivity contribution is -0.120. The normalized spacial score (nSPS) is 19.1. The summed E-state index contributed by atoms with van der Waals surface area (Å²) < 4.78 is 64.8. The van der Waals surface area contributed by atoms with Gasteiger partial charge >= 0.3 is 0 Å². The lowest BCUT2D eigenvalue weighted by Crippen LogP contribution is -2.51. The van der Waals surface area contributed by atoms with Crippen LogP contribution in [0.25, 0.3) is 11.4 Å². The van der Waals surface area contributed by atoms with Gasteiger partial charge in [-0.15, -0.1) is 0 Å². The van der Waals surface area contributed by atoms with Crippen molar-refractivity contribution >= 4 is 21.7 Å². The third-order valence-corrected chi connectivity index (χ3v) is 6.48. The van der Waals surface area contributed by atoms with E-state index in [-0.39, 0.29) is 35.2 Å². The number of piperidine rings is 1. The van der Waals surface area contributed by atoms with E-state index in [9.17, 15) is 26.4 Å². The predicted octanol–water partition coefficient (Wildman–Crippen LogP) is 2.21.